The van der Waals surface area contributed by atoms with Crippen molar-refractivity contribution in [3.05, 3.63) is 87.5 Å². The van der Waals surface area contributed by atoms with Gasteiger partial charge >= 0.3 is 0 Å². The summed E-state index contributed by atoms with van der Waals surface area (Å²) in [5, 5.41) is 11.0. The number of fused-ring (bicyclic) bond motifs is 5. The maximum Gasteiger partial charge on any atom is 0.281 e. The molecule has 2 aromatic heterocycles. The Morgan fingerprint density at radius 2 is 1.88 bits per heavy atom. The van der Waals surface area contributed by atoms with Crippen LogP contribution in [0.15, 0.2) is 54.0 Å². The number of halogens is 3. The molecule has 4 aromatic rings. The fourth-order valence-corrected chi connectivity index (χ4v) is 7.56. The second-order valence-corrected chi connectivity index (χ2v) is 13.9. The highest BCUT2D eigenvalue weighted by Gasteiger charge is 2.42. The summed E-state index contributed by atoms with van der Waals surface area (Å²) in [7, 11) is 3.90. The lowest BCUT2D eigenvalue weighted by molar-refractivity contribution is -0.128. The number of piperazine rings is 1. The van der Waals surface area contributed by atoms with E-state index in [0.717, 1.165) is 6.07 Å². The molecule has 0 saturated carbocycles. The summed E-state index contributed by atoms with van der Waals surface area (Å²) in [6.45, 7) is 13.6. The van der Waals surface area contributed by atoms with Crippen LogP contribution >= 0.6 is 11.6 Å². The van der Waals surface area contributed by atoms with Crippen LogP contribution in [0.3, 0.4) is 0 Å². The Hall–Kier alpha value is -4.48. The standard InChI is InChI=1S/C37H41ClF2N6O3/c1-8-28(48)44-19-23-18-43(15-14-42(6)7)36-35(45(23)17-22(44)5)24-16-25(38)29(30-26(39)10-9-11-27(30)47)31(40)34(24)46(37(36)49)33-21(4)12-13-41-32(33)20(2)3/h8-13,16,20,22-23,47H,1,14-15,17-19H2,2-7H3. The quantitative estimate of drug-likeness (QED) is 0.235. The minimum Gasteiger partial charge on any atom is -0.507 e. The highest BCUT2D eigenvalue weighted by Crippen LogP contribution is 2.47. The van der Waals surface area contributed by atoms with Crippen LogP contribution in [-0.2, 0) is 4.79 Å². The summed E-state index contributed by atoms with van der Waals surface area (Å²) in [6.07, 6.45) is 2.97. The molecule has 1 saturated heterocycles. The summed E-state index contributed by atoms with van der Waals surface area (Å²) in [5.74, 6) is -2.62. The van der Waals surface area contributed by atoms with Crippen molar-refractivity contribution in [1.82, 2.24) is 19.4 Å². The van der Waals surface area contributed by atoms with Crippen molar-refractivity contribution < 1.29 is 18.7 Å². The van der Waals surface area contributed by atoms with Gasteiger partial charge in [0.2, 0.25) is 5.91 Å². The summed E-state index contributed by atoms with van der Waals surface area (Å²) >= 11 is 6.89. The van der Waals surface area contributed by atoms with E-state index in [-0.39, 0.29) is 40.0 Å². The van der Waals surface area contributed by atoms with E-state index in [1.54, 1.807) is 23.2 Å². The number of phenolic OH excluding ortho intramolecular Hbond substituents is 1. The lowest BCUT2D eigenvalue weighted by atomic mass is 9.95. The van der Waals surface area contributed by atoms with E-state index in [0.29, 0.717) is 66.4 Å². The van der Waals surface area contributed by atoms with Crippen LogP contribution in [0.2, 0.25) is 5.02 Å². The zero-order valence-electron chi connectivity index (χ0n) is 28.6. The van der Waals surface area contributed by atoms with Crippen LogP contribution in [0.25, 0.3) is 27.7 Å². The zero-order chi connectivity index (χ0) is 35.5. The first kappa shape index (κ1) is 34.4. The predicted octanol–water partition coefficient (Wildman–Crippen LogP) is 6.10. The number of carbonyl (C=O) groups excluding carboxylic acids is 1. The maximum absolute atomic E-state index is 17.6. The molecule has 2 aliphatic rings. The third-order valence-electron chi connectivity index (χ3n) is 9.62. The number of anilines is 2. The molecule has 1 N–H and O–H groups in total. The molecule has 1 fully saturated rings. The van der Waals surface area contributed by atoms with Gasteiger partial charge in [0, 0.05) is 55.9 Å². The molecule has 258 valence electrons. The van der Waals surface area contributed by atoms with Crippen molar-refractivity contribution >= 4 is 39.8 Å². The highest BCUT2D eigenvalue weighted by atomic mass is 35.5. The number of aromatic nitrogens is 2. The number of rotatable bonds is 7. The number of aryl methyl sites for hydroxylation is 1. The van der Waals surface area contributed by atoms with Gasteiger partial charge in [0.25, 0.3) is 5.56 Å². The topological polar surface area (TPSA) is 85.1 Å². The Morgan fingerprint density at radius 3 is 2.53 bits per heavy atom. The Labute approximate surface area is 289 Å². The summed E-state index contributed by atoms with van der Waals surface area (Å²) in [4.78, 5) is 40.7. The number of aromatic hydroxyl groups is 1. The van der Waals surface area contributed by atoms with Gasteiger partial charge in [-0.05, 0) is 69.8 Å². The molecule has 0 aliphatic carbocycles. The smallest absolute Gasteiger partial charge is 0.281 e. The number of hydrogen-bond donors (Lipinski definition) is 1. The first-order chi connectivity index (χ1) is 23.3. The van der Waals surface area contributed by atoms with E-state index in [2.05, 4.69) is 16.5 Å². The number of phenols is 1. The second kappa shape index (κ2) is 13.1. The molecule has 12 heteroatoms. The van der Waals surface area contributed by atoms with Gasteiger partial charge in [0.1, 0.15) is 17.3 Å². The van der Waals surface area contributed by atoms with Gasteiger partial charge in [-0.1, -0.05) is 38.1 Å². The first-order valence-corrected chi connectivity index (χ1v) is 16.8. The van der Waals surface area contributed by atoms with Gasteiger partial charge in [-0.15, -0.1) is 0 Å². The molecule has 49 heavy (non-hydrogen) atoms. The van der Waals surface area contributed by atoms with Crippen LogP contribution in [0, 0.1) is 18.6 Å². The van der Waals surface area contributed by atoms with Gasteiger partial charge in [-0.2, -0.15) is 0 Å². The van der Waals surface area contributed by atoms with Crippen molar-refractivity contribution in [1.29, 1.82) is 0 Å². The number of pyridine rings is 2. The molecule has 9 nitrogen and oxygen atoms in total. The van der Waals surface area contributed by atoms with Gasteiger partial charge in [0.05, 0.1) is 39.2 Å². The monoisotopic (exact) mass is 690 g/mol. The summed E-state index contributed by atoms with van der Waals surface area (Å²) in [6, 6.07) is 6.56. The van der Waals surface area contributed by atoms with E-state index in [4.69, 9.17) is 11.6 Å². The van der Waals surface area contributed by atoms with E-state index < -0.39 is 28.5 Å². The first-order valence-electron chi connectivity index (χ1n) is 16.4. The number of nitrogens with zero attached hydrogens (tertiary/aromatic N) is 6. The molecule has 6 rings (SSSR count). The van der Waals surface area contributed by atoms with Gasteiger partial charge < -0.3 is 24.7 Å². The van der Waals surface area contributed by atoms with Crippen LogP contribution in [0.5, 0.6) is 5.75 Å². The van der Waals surface area contributed by atoms with Crippen molar-refractivity contribution in [2.45, 2.75) is 45.7 Å². The number of hydrogen-bond acceptors (Lipinski definition) is 7. The molecule has 0 spiro atoms. The fraction of sp³-hybridized carbons (Fsp3) is 0.378. The minimum absolute atomic E-state index is 0.103. The lowest BCUT2D eigenvalue weighted by Gasteiger charge is -2.52. The van der Waals surface area contributed by atoms with Crippen LogP contribution in [0.1, 0.15) is 37.9 Å². The van der Waals surface area contributed by atoms with Crippen molar-refractivity contribution in [3.8, 4) is 22.6 Å². The molecule has 0 bridgehead atoms. The third-order valence-corrected chi connectivity index (χ3v) is 9.92. The molecule has 4 heterocycles. The largest absolute Gasteiger partial charge is 0.507 e. The Bertz CT molecular complexity index is 2030. The third kappa shape index (κ3) is 5.72. The van der Waals surface area contributed by atoms with Crippen LogP contribution < -0.4 is 15.4 Å². The molecule has 2 aliphatic heterocycles. The molecule has 2 atom stereocenters. The normalized spacial score (nSPS) is 17.6. The molecule has 2 aromatic carbocycles. The average Bonchev–Trinajstić information content (AvgIpc) is 3.04. The number of amides is 1. The molecule has 2 unspecified atom stereocenters. The van der Waals surface area contributed by atoms with Crippen molar-refractivity contribution in [2.24, 2.45) is 0 Å². The molecular formula is C37H41ClF2N6O3. The van der Waals surface area contributed by atoms with Gasteiger partial charge in [0.15, 0.2) is 5.82 Å². The van der Waals surface area contributed by atoms with Crippen LogP contribution in [0.4, 0.5) is 20.2 Å². The summed E-state index contributed by atoms with van der Waals surface area (Å²) < 4.78 is 34.3. The van der Waals surface area contributed by atoms with Crippen LogP contribution in [-0.4, -0.2) is 89.3 Å². The predicted molar refractivity (Wildman–Crippen MR) is 191 cm³/mol. The average molecular weight is 691 g/mol. The Morgan fingerprint density at radius 1 is 1.14 bits per heavy atom. The molecular weight excluding hydrogens is 650 g/mol. The SMILES string of the molecule is C=CC(=O)N1CC2CN(CCN(C)C)c3c(c4cc(Cl)c(-c5c(O)cccc5F)c(F)c4n(-c4c(C)ccnc4C(C)C)c3=O)N2CC1C. The Kier molecular flexibility index (Phi) is 9.19. The van der Waals surface area contributed by atoms with E-state index >= 15 is 13.6 Å². The highest BCUT2D eigenvalue weighted by molar-refractivity contribution is 6.34. The zero-order valence-corrected chi connectivity index (χ0v) is 29.4. The number of carbonyl (C=O) groups is 1. The summed E-state index contributed by atoms with van der Waals surface area (Å²) in [5.41, 5.74) is 1.30. The van der Waals surface area contributed by atoms with Gasteiger partial charge in [-0.3, -0.25) is 19.1 Å². The van der Waals surface area contributed by atoms with E-state index in [9.17, 15) is 9.90 Å². The van der Waals surface area contributed by atoms with Crippen molar-refractivity contribution in [2.75, 3.05) is 56.6 Å². The lowest BCUT2D eigenvalue weighted by Crippen LogP contribution is -2.64. The maximum atomic E-state index is 17.6. The number of likely N-dealkylation sites (N-methyl/N-ethyl adjacent to an activating group) is 1. The molecule has 1 amide bonds. The second-order valence-electron chi connectivity index (χ2n) is 13.5. The van der Waals surface area contributed by atoms with Crippen molar-refractivity contribution in [3.63, 3.8) is 0 Å². The Balaban J connectivity index is 1.78. The number of benzene rings is 2. The van der Waals surface area contributed by atoms with E-state index in [1.807, 2.05) is 51.6 Å². The minimum atomic E-state index is -0.948. The van der Waals surface area contributed by atoms with Gasteiger partial charge in [-0.25, -0.2) is 8.78 Å². The molecule has 0 radical (unpaired) electrons. The fourth-order valence-electron chi connectivity index (χ4n) is 7.27. The van der Waals surface area contributed by atoms with E-state index in [1.165, 1.54) is 22.8 Å².